The van der Waals surface area contributed by atoms with E-state index in [0.29, 0.717) is 5.75 Å². The molecule has 3 aromatic carbocycles. The van der Waals surface area contributed by atoms with Crippen LogP contribution in [0.15, 0.2) is 73.6 Å². The molecule has 0 aliphatic carbocycles. The molecule has 0 aliphatic heterocycles. The Morgan fingerprint density at radius 3 is 1.80 bits per heavy atom. The molecule has 0 spiro atoms. The molecule has 1 aromatic heterocycles. The summed E-state index contributed by atoms with van der Waals surface area (Å²) in [5, 5.41) is 10.5. The highest BCUT2D eigenvalue weighted by Crippen LogP contribution is 2.42. The van der Waals surface area contributed by atoms with Crippen molar-refractivity contribution in [2.45, 2.75) is 27.7 Å². The maximum absolute atomic E-state index is 10.5. The Morgan fingerprint density at radius 1 is 0.633 bits per heavy atom. The van der Waals surface area contributed by atoms with Gasteiger partial charge in [0, 0.05) is 0 Å². The molecule has 1 heterocycles. The second-order valence-electron chi connectivity index (χ2n) is 6.99. The molecule has 4 aromatic rings. The number of phenols is 1. The van der Waals surface area contributed by atoms with Crippen molar-refractivity contribution in [3.8, 4) is 28.4 Å². The van der Waals surface area contributed by atoms with E-state index in [1.807, 2.05) is 43.3 Å². The lowest BCUT2D eigenvalue weighted by atomic mass is 9.95. The van der Waals surface area contributed by atoms with Gasteiger partial charge in [-0.25, -0.2) is 15.0 Å². The van der Waals surface area contributed by atoms with Crippen molar-refractivity contribution in [2.24, 2.45) is 0 Å². The summed E-state index contributed by atoms with van der Waals surface area (Å²) in [6, 6.07) is 17.5. The fraction of sp³-hybridized carbons (Fsp3) is 0.160. The molecule has 1 N–H and O–H groups in total. The van der Waals surface area contributed by atoms with Crippen LogP contribution in [0.1, 0.15) is 22.3 Å². The van der Waals surface area contributed by atoms with Gasteiger partial charge in [-0.05, 0) is 73.7 Å². The van der Waals surface area contributed by atoms with E-state index in [1.165, 1.54) is 30.1 Å². The van der Waals surface area contributed by atoms with Crippen LogP contribution >= 0.6 is 0 Å². The third-order valence-corrected chi connectivity index (χ3v) is 5.05. The van der Waals surface area contributed by atoms with Gasteiger partial charge in [0.1, 0.15) is 36.2 Å². The SMILES string of the molecule is Cc1cccc(Oc2cccc(O)c2-c2cccc(C)c2C)c1C.c1ncncn1. The number of rotatable bonds is 3. The summed E-state index contributed by atoms with van der Waals surface area (Å²) in [7, 11) is 0. The molecule has 5 heteroatoms. The summed E-state index contributed by atoms with van der Waals surface area (Å²) in [6.45, 7) is 8.25. The van der Waals surface area contributed by atoms with E-state index in [0.717, 1.165) is 28.0 Å². The molecular formula is C25H25N3O2. The Kier molecular flexibility index (Phi) is 6.75. The smallest absolute Gasteiger partial charge is 0.139 e. The lowest BCUT2D eigenvalue weighted by molar-refractivity contribution is 0.457. The van der Waals surface area contributed by atoms with E-state index in [9.17, 15) is 5.11 Å². The molecule has 5 nitrogen and oxygen atoms in total. The van der Waals surface area contributed by atoms with Gasteiger partial charge in [-0.3, -0.25) is 0 Å². The summed E-state index contributed by atoms with van der Waals surface area (Å²) in [5.41, 5.74) is 6.35. The Labute approximate surface area is 177 Å². The number of aryl methyl sites for hydroxylation is 2. The minimum absolute atomic E-state index is 0.228. The molecule has 0 radical (unpaired) electrons. The summed E-state index contributed by atoms with van der Waals surface area (Å²) in [5.74, 6) is 1.70. The van der Waals surface area contributed by atoms with Gasteiger partial charge in [0.15, 0.2) is 0 Å². The van der Waals surface area contributed by atoms with Crippen LogP contribution in [-0.2, 0) is 0 Å². The topological polar surface area (TPSA) is 68.1 Å². The lowest BCUT2D eigenvalue weighted by Gasteiger charge is -2.17. The molecule has 0 unspecified atom stereocenters. The second kappa shape index (κ2) is 9.65. The largest absolute Gasteiger partial charge is 0.507 e. The van der Waals surface area contributed by atoms with Crippen LogP contribution in [0.4, 0.5) is 0 Å². The molecule has 0 aliphatic rings. The predicted octanol–water partition coefficient (Wildman–Crippen LogP) is 5.96. The number of hydrogen-bond acceptors (Lipinski definition) is 5. The molecule has 0 atom stereocenters. The molecule has 4 rings (SSSR count). The normalized spacial score (nSPS) is 10.1. The number of benzene rings is 3. The van der Waals surface area contributed by atoms with Crippen LogP contribution < -0.4 is 4.74 Å². The molecule has 0 fully saturated rings. The van der Waals surface area contributed by atoms with Crippen LogP contribution in [0.25, 0.3) is 11.1 Å². The lowest BCUT2D eigenvalue weighted by Crippen LogP contribution is -1.94. The Hall–Kier alpha value is -3.73. The number of aromatic nitrogens is 3. The first-order valence-electron chi connectivity index (χ1n) is 9.66. The number of nitrogens with zero attached hydrogens (tertiary/aromatic N) is 3. The summed E-state index contributed by atoms with van der Waals surface area (Å²) >= 11 is 0. The van der Waals surface area contributed by atoms with E-state index in [1.54, 1.807) is 6.07 Å². The zero-order valence-corrected chi connectivity index (χ0v) is 17.6. The van der Waals surface area contributed by atoms with Crippen LogP contribution in [0.3, 0.4) is 0 Å². The Bertz CT molecular complexity index is 1100. The molecule has 0 saturated heterocycles. The van der Waals surface area contributed by atoms with Crippen molar-refractivity contribution in [1.29, 1.82) is 0 Å². The van der Waals surface area contributed by atoms with E-state index < -0.39 is 0 Å². The minimum atomic E-state index is 0.228. The number of phenolic OH excluding ortho intramolecular Hbond substituents is 1. The molecule has 0 amide bonds. The van der Waals surface area contributed by atoms with Gasteiger partial charge >= 0.3 is 0 Å². The van der Waals surface area contributed by atoms with Crippen molar-refractivity contribution in [3.05, 3.63) is 95.8 Å². The first-order chi connectivity index (χ1) is 14.5. The fourth-order valence-corrected chi connectivity index (χ4v) is 3.06. The van der Waals surface area contributed by atoms with Gasteiger partial charge in [-0.1, -0.05) is 36.4 Å². The summed E-state index contributed by atoms with van der Waals surface area (Å²) < 4.78 is 6.19. The molecule has 0 saturated carbocycles. The van der Waals surface area contributed by atoms with Gasteiger partial charge in [-0.15, -0.1) is 0 Å². The number of aromatic hydroxyl groups is 1. The predicted molar refractivity (Wildman–Crippen MR) is 119 cm³/mol. The van der Waals surface area contributed by atoms with Crippen LogP contribution in [0.2, 0.25) is 0 Å². The van der Waals surface area contributed by atoms with Crippen LogP contribution in [-0.4, -0.2) is 20.1 Å². The van der Waals surface area contributed by atoms with Gasteiger partial charge < -0.3 is 9.84 Å². The average Bonchev–Trinajstić information content (AvgIpc) is 2.76. The van der Waals surface area contributed by atoms with Crippen molar-refractivity contribution in [2.75, 3.05) is 0 Å². The van der Waals surface area contributed by atoms with E-state index in [-0.39, 0.29) is 5.75 Å². The third-order valence-electron chi connectivity index (χ3n) is 5.05. The monoisotopic (exact) mass is 399 g/mol. The second-order valence-corrected chi connectivity index (χ2v) is 6.99. The van der Waals surface area contributed by atoms with Gasteiger partial charge in [0.25, 0.3) is 0 Å². The number of hydrogen-bond donors (Lipinski definition) is 1. The number of ether oxygens (including phenoxy) is 1. The van der Waals surface area contributed by atoms with Gasteiger partial charge in [0.05, 0.1) is 5.56 Å². The zero-order valence-electron chi connectivity index (χ0n) is 17.6. The van der Waals surface area contributed by atoms with Crippen molar-refractivity contribution < 1.29 is 9.84 Å². The van der Waals surface area contributed by atoms with E-state index in [2.05, 4.69) is 47.9 Å². The molecular weight excluding hydrogens is 374 g/mol. The van der Waals surface area contributed by atoms with E-state index >= 15 is 0 Å². The van der Waals surface area contributed by atoms with Crippen molar-refractivity contribution in [3.63, 3.8) is 0 Å². The van der Waals surface area contributed by atoms with Crippen molar-refractivity contribution >= 4 is 0 Å². The third kappa shape index (κ3) is 4.81. The highest BCUT2D eigenvalue weighted by molar-refractivity contribution is 5.79. The van der Waals surface area contributed by atoms with E-state index in [4.69, 9.17) is 4.74 Å². The fourth-order valence-electron chi connectivity index (χ4n) is 3.06. The summed E-state index contributed by atoms with van der Waals surface area (Å²) in [6.07, 6.45) is 4.31. The maximum atomic E-state index is 10.5. The molecule has 0 bridgehead atoms. The zero-order chi connectivity index (χ0) is 21.5. The van der Waals surface area contributed by atoms with Crippen LogP contribution in [0, 0.1) is 27.7 Å². The standard InChI is InChI=1S/C22H22O2.C3H3N3/c1-14-8-5-10-18(16(14)3)22-19(23)11-7-13-21(22)24-20-12-6-9-15(2)17(20)4;1-4-2-6-3-5-1/h5-13,23H,1-4H3;1-3H. The molecule has 30 heavy (non-hydrogen) atoms. The highest BCUT2D eigenvalue weighted by atomic mass is 16.5. The first kappa shape index (κ1) is 21.0. The first-order valence-corrected chi connectivity index (χ1v) is 9.66. The summed E-state index contributed by atoms with van der Waals surface area (Å²) in [4.78, 5) is 10.7. The quantitative estimate of drug-likeness (QED) is 0.460. The Balaban J connectivity index is 0.000000367. The van der Waals surface area contributed by atoms with Gasteiger partial charge in [0.2, 0.25) is 0 Å². The van der Waals surface area contributed by atoms with Gasteiger partial charge in [-0.2, -0.15) is 0 Å². The maximum Gasteiger partial charge on any atom is 0.139 e. The highest BCUT2D eigenvalue weighted by Gasteiger charge is 2.16. The average molecular weight is 399 g/mol. The van der Waals surface area contributed by atoms with Crippen molar-refractivity contribution in [1.82, 2.24) is 15.0 Å². The van der Waals surface area contributed by atoms with Crippen LogP contribution in [0.5, 0.6) is 17.2 Å². The Morgan fingerprint density at radius 2 is 1.17 bits per heavy atom. The molecule has 152 valence electrons. The minimum Gasteiger partial charge on any atom is -0.507 e.